The first kappa shape index (κ1) is 23.5. The van der Waals surface area contributed by atoms with Gasteiger partial charge in [0.05, 0.1) is 12.6 Å². The molecular weight excluding hydrogens is 428 g/mol. The van der Waals surface area contributed by atoms with Crippen molar-refractivity contribution in [3.05, 3.63) is 108 Å². The van der Waals surface area contributed by atoms with Gasteiger partial charge in [0.2, 0.25) is 5.91 Å². The molecule has 1 atom stereocenters. The topological polar surface area (TPSA) is 77.9 Å². The summed E-state index contributed by atoms with van der Waals surface area (Å²) < 4.78 is 0. The minimum Gasteiger partial charge on any atom is -0.372 e. The van der Waals surface area contributed by atoms with Crippen molar-refractivity contribution >= 4 is 17.6 Å². The summed E-state index contributed by atoms with van der Waals surface area (Å²) in [5, 5.41) is 11.7. The highest BCUT2D eigenvalue weighted by Gasteiger charge is 2.45. The number of ketones is 1. The number of nitrogens with zero attached hydrogens (tertiary/aromatic N) is 2. The minimum absolute atomic E-state index is 0.0700. The molecule has 174 valence electrons. The van der Waals surface area contributed by atoms with Gasteiger partial charge in [0, 0.05) is 12.6 Å². The molecule has 4 rings (SSSR count). The van der Waals surface area contributed by atoms with Gasteiger partial charge in [0.25, 0.3) is 5.91 Å². The van der Waals surface area contributed by atoms with Crippen molar-refractivity contribution in [2.45, 2.75) is 24.5 Å². The third-order valence-electron chi connectivity index (χ3n) is 6.42. The van der Waals surface area contributed by atoms with Crippen LogP contribution in [-0.4, -0.2) is 58.7 Å². The van der Waals surface area contributed by atoms with Gasteiger partial charge >= 0.3 is 0 Å². The number of rotatable bonds is 7. The molecule has 1 aliphatic rings. The first-order valence-electron chi connectivity index (χ1n) is 11.4. The second-order valence-electron chi connectivity index (χ2n) is 8.56. The fourth-order valence-corrected chi connectivity index (χ4v) is 4.53. The molecule has 0 saturated carbocycles. The van der Waals surface area contributed by atoms with E-state index in [1.807, 2.05) is 11.0 Å². The molecule has 2 amide bonds. The molecule has 0 aliphatic carbocycles. The van der Waals surface area contributed by atoms with Crippen LogP contribution >= 0.6 is 0 Å². The smallest absolute Gasteiger partial charge is 0.270 e. The maximum atomic E-state index is 13.7. The molecule has 1 fully saturated rings. The number of hydrogen-bond donors (Lipinski definition) is 1. The Kier molecular flexibility index (Phi) is 7.01. The molecule has 0 unspecified atom stereocenters. The Balaban J connectivity index is 1.58. The predicted octanol–water partition coefficient (Wildman–Crippen LogP) is 3.25. The zero-order valence-corrected chi connectivity index (χ0v) is 19.1. The van der Waals surface area contributed by atoms with Crippen molar-refractivity contribution in [3.63, 3.8) is 0 Å². The summed E-state index contributed by atoms with van der Waals surface area (Å²) in [6.45, 7) is 0.697. The second-order valence-corrected chi connectivity index (χ2v) is 8.56. The van der Waals surface area contributed by atoms with Gasteiger partial charge in [0.1, 0.15) is 0 Å². The fourth-order valence-electron chi connectivity index (χ4n) is 4.53. The van der Waals surface area contributed by atoms with E-state index in [4.69, 9.17) is 0 Å². The second kappa shape index (κ2) is 10.1. The maximum Gasteiger partial charge on any atom is 0.270 e. The van der Waals surface area contributed by atoms with E-state index < -0.39 is 23.5 Å². The van der Waals surface area contributed by atoms with Crippen LogP contribution in [0.25, 0.3) is 0 Å². The third kappa shape index (κ3) is 4.55. The van der Waals surface area contributed by atoms with E-state index in [0.29, 0.717) is 29.7 Å². The monoisotopic (exact) mass is 456 g/mol. The molecular formula is C28H28N2O4. The van der Waals surface area contributed by atoms with Crippen LogP contribution in [0.2, 0.25) is 0 Å². The van der Waals surface area contributed by atoms with Gasteiger partial charge in [-0.1, -0.05) is 91.0 Å². The maximum absolute atomic E-state index is 13.7. The van der Waals surface area contributed by atoms with Gasteiger partial charge < -0.3 is 5.11 Å². The van der Waals surface area contributed by atoms with Crippen LogP contribution in [0.1, 0.15) is 34.3 Å². The van der Waals surface area contributed by atoms with E-state index in [2.05, 4.69) is 0 Å². The first-order valence-corrected chi connectivity index (χ1v) is 11.4. The van der Waals surface area contributed by atoms with E-state index >= 15 is 0 Å². The van der Waals surface area contributed by atoms with Crippen LogP contribution in [0, 0.1) is 0 Å². The van der Waals surface area contributed by atoms with E-state index in [-0.39, 0.29) is 12.3 Å². The standard InChI is InChI=1S/C28H28N2O4/c1-29(26(32)24-18-11-19-30(24)20-25(31)21-12-5-2-6-13-21)27(33)28(34,22-14-7-3-8-15-22)23-16-9-4-10-17-23/h2-10,12-17,24,34H,11,18-20H2,1H3/t24-/m0/s1. The molecule has 1 N–H and O–H groups in total. The van der Waals surface area contributed by atoms with Crippen LogP contribution in [0.4, 0.5) is 0 Å². The first-order chi connectivity index (χ1) is 16.4. The third-order valence-corrected chi connectivity index (χ3v) is 6.42. The van der Waals surface area contributed by atoms with E-state index in [1.54, 1.807) is 84.9 Å². The molecule has 0 spiro atoms. The lowest BCUT2D eigenvalue weighted by atomic mass is 9.85. The Bertz CT molecular complexity index is 1110. The molecule has 0 aromatic heterocycles. The van der Waals surface area contributed by atoms with Gasteiger partial charge in [-0.25, -0.2) is 0 Å². The van der Waals surface area contributed by atoms with Gasteiger partial charge in [-0.2, -0.15) is 0 Å². The Morgan fingerprint density at radius 3 is 1.91 bits per heavy atom. The Morgan fingerprint density at radius 1 is 0.882 bits per heavy atom. The number of carbonyl (C=O) groups excluding carboxylic acids is 3. The molecule has 1 heterocycles. The lowest BCUT2D eigenvalue weighted by Gasteiger charge is -2.33. The minimum atomic E-state index is -2.02. The van der Waals surface area contributed by atoms with Gasteiger partial charge in [-0.05, 0) is 30.5 Å². The lowest BCUT2D eigenvalue weighted by Crippen LogP contribution is -2.53. The van der Waals surface area contributed by atoms with Crippen molar-refractivity contribution in [2.24, 2.45) is 0 Å². The fraction of sp³-hybridized carbons (Fsp3) is 0.250. The number of amides is 2. The zero-order chi connectivity index (χ0) is 24.1. The summed E-state index contributed by atoms with van der Waals surface area (Å²) in [6.07, 6.45) is 1.30. The number of likely N-dealkylation sites (tertiary alicyclic amines) is 1. The number of aliphatic hydroxyl groups is 1. The molecule has 6 heteroatoms. The van der Waals surface area contributed by atoms with Crippen molar-refractivity contribution in [2.75, 3.05) is 20.1 Å². The van der Waals surface area contributed by atoms with Crippen LogP contribution < -0.4 is 0 Å². The van der Waals surface area contributed by atoms with Crippen LogP contribution in [-0.2, 0) is 15.2 Å². The van der Waals surface area contributed by atoms with Crippen LogP contribution in [0.3, 0.4) is 0 Å². The SMILES string of the molecule is CN(C(=O)[C@@H]1CCCN1CC(=O)c1ccccc1)C(=O)C(O)(c1ccccc1)c1ccccc1. The summed E-state index contributed by atoms with van der Waals surface area (Å²) in [4.78, 5) is 42.7. The summed E-state index contributed by atoms with van der Waals surface area (Å²) in [6, 6.07) is 25.6. The summed E-state index contributed by atoms with van der Waals surface area (Å²) >= 11 is 0. The van der Waals surface area contributed by atoms with Gasteiger partial charge in [-0.3, -0.25) is 24.2 Å². The van der Waals surface area contributed by atoms with Crippen molar-refractivity contribution in [1.82, 2.24) is 9.80 Å². The molecule has 34 heavy (non-hydrogen) atoms. The quantitative estimate of drug-likeness (QED) is 0.552. The van der Waals surface area contributed by atoms with Crippen molar-refractivity contribution in [1.29, 1.82) is 0 Å². The molecule has 6 nitrogen and oxygen atoms in total. The Labute approximate surface area is 199 Å². The lowest BCUT2D eigenvalue weighted by molar-refractivity contribution is -0.156. The number of Topliss-reactive ketones (excluding diaryl/α,β-unsaturated/α-hetero) is 1. The molecule has 3 aromatic carbocycles. The molecule has 3 aromatic rings. The zero-order valence-electron chi connectivity index (χ0n) is 19.1. The van der Waals surface area contributed by atoms with Gasteiger partial charge in [-0.15, -0.1) is 0 Å². The molecule has 0 radical (unpaired) electrons. The summed E-state index contributed by atoms with van der Waals surface area (Å²) in [5.74, 6) is -1.22. The average Bonchev–Trinajstić information content (AvgIpc) is 3.36. The highest BCUT2D eigenvalue weighted by molar-refractivity contribution is 6.03. The van der Waals surface area contributed by atoms with Crippen molar-refractivity contribution in [3.8, 4) is 0 Å². The normalized spacial score (nSPS) is 16.2. The van der Waals surface area contributed by atoms with E-state index in [1.165, 1.54) is 7.05 Å². The number of carbonyl (C=O) groups is 3. The highest BCUT2D eigenvalue weighted by Crippen LogP contribution is 2.32. The summed E-state index contributed by atoms with van der Waals surface area (Å²) in [7, 11) is 1.40. The number of imide groups is 1. The molecule has 1 saturated heterocycles. The number of likely N-dealkylation sites (N-methyl/N-ethyl adjacent to an activating group) is 1. The number of benzene rings is 3. The van der Waals surface area contributed by atoms with Crippen LogP contribution in [0.5, 0.6) is 0 Å². The predicted molar refractivity (Wildman–Crippen MR) is 129 cm³/mol. The molecule has 0 bridgehead atoms. The summed E-state index contributed by atoms with van der Waals surface area (Å²) in [5.41, 5.74) is -0.662. The van der Waals surface area contributed by atoms with E-state index in [9.17, 15) is 19.5 Å². The Morgan fingerprint density at radius 2 is 1.38 bits per heavy atom. The Hall–Kier alpha value is -3.61. The average molecular weight is 457 g/mol. The van der Waals surface area contributed by atoms with E-state index in [0.717, 1.165) is 11.3 Å². The largest absolute Gasteiger partial charge is 0.372 e. The van der Waals surface area contributed by atoms with Gasteiger partial charge in [0.15, 0.2) is 11.4 Å². The molecule has 1 aliphatic heterocycles. The highest BCUT2D eigenvalue weighted by atomic mass is 16.3. The van der Waals surface area contributed by atoms with Crippen molar-refractivity contribution < 1.29 is 19.5 Å². The number of hydrogen-bond acceptors (Lipinski definition) is 5. The van der Waals surface area contributed by atoms with Crippen LogP contribution in [0.15, 0.2) is 91.0 Å².